The fourth-order valence-corrected chi connectivity index (χ4v) is 19.5. The number of aliphatic hydroxyl groups is 1. The van der Waals surface area contributed by atoms with Crippen molar-refractivity contribution in [3.05, 3.63) is 323 Å². The molecule has 25 rings (SSSR count). The zero-order valence-electron chi connectivity index (χ0n) is 79.3. The summed E-state index contributed by atoms with van der Waals surface area (Å²) in [5.41, 5.74) is 21.5. The predicted molar refractivity (Wildman–Crippen MR) is 550 cm³/mol. The number of hydrogen-bond acceptors (Lipinski definition) is 19. The number of aromatic nitrogens is 13. The molecule has 12 aromatic carbocycles. The zero-order valence-corrected chi connectivity index (χ0v) is 79.3. The van der Waals surface area contributed by atoms with E-state index in [4.69, 9.17) is 34.4 Å². The van der Waals surface area contributed by atoms with Crippen molar-refractivity contribution in [1.82, 2.24) is 93.8 Å². The van der Waals surface area contributed by atoms with E-state index < -0.39 is 0 Å². The molecule has 13 heterocycles. The van der Waals surface area contributed by atoms with Crippen molar-refractivity contribution < 1.29 is 58.0 Å². The number of hydrogen-bond donors (Lipinski definition) is 8. The van der Waals surface area contributed by atoms with Crippen molar-refractivity contribution in [3.63, 3.8) is 0 Å². The molecule has 8 N–H and O–H groups in total. The third kappa shape index (κ3) is 18.7. The molecule has 0 fully saturated rings. The van der Waals surface area contributed by atoms with Crippen LogP contribution >= 0.6 is 0 Å². The number of rotatable bonds is 15. The first-order valence-electron chi connectivity index (χ1n) is 47.6. The van der Waals surface area contributed by atoms with Gasteiger partial charge in [-0.3, -0.25) is 28.8 Å². The van der Waals surface area contributed by atoms with Crippen molar-refractivity contribution >= 4 is 118 Å². The van der Waals surface area contributed by atoms with Crippen LogP contribution in [0.15, 0.2) is 261 Å². The Labute approximate surface area is 820 Å². The standard InChI is InChI=1S/C22H25N3O2.C20H21N3O2.C19H14N4O.C18H15N3O2.C17H15N3O3.C16H12FN3O/c1-24(2)13-5-15-27-17-11-9-16(10-12-17)22-23-19-7-3-6-18-20(26)8-4-14-25(22)21(18)19;1-13(12-14-6-8-15(25-2)9-7-14)19-22-17-5-3-4-16-18(17)23(19)11-10-21-20(16)24;24-19-13-5-3-7-15-17(13)23(11-10-20-19)18(22-15)16-9-8-12-4-1-2-6-14(12)21-16;1-11(22)12-5-7-13(8-6-12)17-20-15-4-2-3-14-16(15)21(17)10-9-19-18(14)23;1-9-7-10(8-13(21)15(9)22)16-19-12-4-2-3-11-14(12)20(16)6-5-18-17(11)23;17-12-6-2-1-4-10(12)15-19-13-7-3-5-11-14(13)20(15)9-8-18-16(11)21/h3,6-7,9-12H,4-5,8,13-15H2,1-2H3;3-9,13H,10-12H2,1-2H3,(H,21,24);1-9H,10-11H2,(H,20,24);2-8,22H,1,9-10H2,(H,19,23);2-4,7-8,21-22H,5-6H2,1H3,(H,18,23);1-7H,8-9H2,(H,18,21). The Morgan fingerprint density at radius 2 is 0.832 bits per heavy atom. The number of para-hydroxylation sites is 7. The van der Waals surface area contributed by atoms with Crippen LogP contribution in [0.5, 0.6) is 23.0 Å². The largest absolute Gasteiger partial charge is 0.508 e. The van der Waals surface area contributed by atoms with Gasteiger partial charge in [0.2, 0.25) is 0 Å². The van der Waals surface area contributed by atoms with Crippen LogP contribution in [0.3, 0.4) is 0 Å². The van der Waals surface area contributed by atoms with E-state index in [2.05, 4.69) is 118 Å². The van der Waals surface area contributed by atoms with Gasteiger partial charge in [-0.05, 0) is 197 Å². The number of halogens is 1. The normalized spacial score (nSPS) is 14.1. The number of pyridine rings is 1. The van der Waals surface area contributed by atoms with Gasteiger partial charge in [0.15, 0.2) is 23.1 Å². The van der Waals surface area contributed by atoms with Crippen molar-refractivity contribution in [2.75, 3.05) is 67.1 Å². The van der Waals surface area contributed by atoms with Gasteiger partial charge < -0.3 is 83.7 Å². The number of carbonyl (C=O) groups is 6. The zero-order chi connectivity index (χ0) is 98.8. The van der Waals surface area contributed by atoms with Crippen LogP contribution in [0.2, 0.25) is 0 Å². The third-order valence-electron chi connectivity index (χ3n) is 26.3. The van der Waals surface area contributed by atoms with Crippen molar-refractivity contribution in [2.45, 2.75) is 84.7 Å². The summed E-state index contributed by atoms with van der Waals surface area (Å²) in [6.45, 7) is 16.0. The van der Waals surface area contributed by atoms with Gasteiger partial charge in [-0.25, -0.2) is 39.3 Å². The number of nitrogens with one attached hydrogen (secondary N) is 5. The Kier molecular flexibility index (Phi) is 26.2. The maximum Gasteiger partial charge on any atom is 0.253 e. The Morgan fingerprint density at radius 1 is 0.427 bits per heavy atom. The van der Waals surface area contributed by atoms with Crippen LogP contribution < -0.4 is 36.1 Å². The molecule has 718 valence electrons. The molecule has 0 aliphatic carbocycles. The minimum absolute atomic E-state index is 0.0152. The first-order valence-corrected chi connectivity index (χ1v) is 47.6. The van der Waals surface area contributed by atoms with Gasteiger partial charge in [-0.1, -0.05) is 123 Å². The third-order valence-corrected chi connectivity index (χ3v) is 26.3. The summed E-state index contributed by atoms with van der Waals surface area (Å²) in [6.07, 6.45) is 3.34. The van der Waals surface area contributed by atoms with Gasteiger partial charge >= 0.3 is 0 Å². The number of nitrogens with zero attached hydrogens (tertiary/aromatic N) is 14. The van der Waals surface area contributed by atoms with E-state index in [1.54, 1.807) is 56.5 Å². The lowest BCUT2D eigenvalue weighted by atomic mass is 10.0. The Balaban J connectivity index is 0.000000105. The Hall–Kier alpha value is -17.5. The van der Waals surface area contributed by atoms with Crippen LogP contribution in [-0.4, -0.2) is 185 Å². The molecule has 1 unspecified atom stereocenters. The average molecular weight is 1910 g/mol. The van der Waals surface area contributed by atoms with E-state index in [0.29, 0.717) is 139 Å². The molecule has 31 heteroatoms. The maximum absolute atomic E-state index is 14.1. The molecular weight excluding hydrogens is 1810 g/mol. The van der Waals surface area contributed by atoms with E-state index in [1.165, 1.54) is 17.7 Å². The van der Waals surface area contributed by atoms with Gasteiger partial charge in [-0.2, -0.15) is 0 Å². The number of aryl methyl sites for hydroxylation is 2. The maximum atomic E-state index is 14.1. The van der Waals surface area contributed by atoms with Gasteiger partial charge in [-0.15, -0.1) is 0 Å². The van der Waals surface area contributed by atoms with E-state index in [-0.39, 0.29) is 64.3 Å². The second-order valence-electron chi connectivity index (χ2n) is 35.9. The molecule has 0 bridgehead atoms. The number of methoxy groups -OCH3 is 1. The number of aliphatic hydroxyl groups excluding tert-OH is 1. The summed E-state index contributed by atoms with van der Waals surface area (Å²) in [5.74, 6) is 6.11. The van der Waals surface area contributed by atoms with Crippen LogP contribution in [0.4, 0.5) is 4.39 Å². The van der Waals surface area contributed by atoms with E-state index in [1.807, 2.05) is 179 Å². The van der Waals surface area contributed by atoms with E-state index in [0.717, 1.165) is 168 Å². The van der Waals surface area contributed by atoms with Gasteiger partial charge in [0, 0.05) is 124 Å². The minimum Gasteiger partial charge on any atom is -0.508 e. The van der Waals surface area contributed by atoms with Crippen molar-refractivity contribution in [3.8, 4) is 80.1 Å². The minimum atomic E-state index is -0.311. The molecule has 0 spiro atoms. The number of carbonyl (C=O) groups excluding carboxylic acids is 6. The monoisotopic (exact) mass is 1910 g/mol. The fraction of sp³-hybridized carbons (Fsp3) is 0.205. The first-order chi connectivity index (χ1) is 69.6. The van der Waals surface area contributed by atoms with E-state index in [9.17, 15) is 48.5 Å². The molecule has 0 saturated carbocycles. The highest BCUT2D eigenvalue weighted by Gasteiger charge is 2.31. The van der Waals surface area contributed by atoms with Crippen molar-refractivity contribution in [1.29, 1.82) is 0 Å². The molecular formula is C112H102FN19O11. The van der Waals surface area contributed by atoms with E-state index >= 15 is 0 Å². The Bertz CT molecular complexity index is 8210. The topological polar surface area (TPSA) is 365 Å². The molecule has 7 aromatic heterocycles. The number of benzene rings is 12. The number of phenolic OH excluding ortho intramolecular Hbond substituents is 2. The van der Waals surface area contributed by atoms with Gasteiger partial charge in [0.1, 0.15) is 57.9 Å². The summed E-state index contributed by atoms with van der Waals surface area (Å²) >= 11 is 0. The highest BCUT2D eigenvalue weighted by Crippen LogP contribution is 2.40. The molecule has 6 aliphatic rings. The van der Waals surface area contributed by atoms with Crippen LogP contribution in [0.1, 0.15) is 117 Å². The Morgan fingerprint density at radius 3 is 1.33 bits per heavy atom. The summed E-state index contributed by atoms with van der Waals surface area (Å²) in [7, 11) is 5.81. The fourth-order valence-electron chi connectivity index (χ4n) is 19.5. The quantitative estimate of drug-likeness (QED) is 0.0268. The van der Waals surface area contributed by atoms with Crippen molar-refractivity contribution in [2.24, 2.45) is 0 Å². The van der Waals surface area contributed by atoms with Crippen LogP contribution in [-0.2, 0) is 45.7 Å². The summed E-state index contributed by atoms with van der Waals surface area (Å²) in [6, 6.07) is 79.3. The lowest BCUT2D eigenvalue weighted by Crippen LogP contribution is -2.24. The molecule has 143 heavy (non-hydrogen) atoms. The second-order valence-corrected chi connectivity index (χ2v) is 35.9. The molecule has 19 aromatic rings. The molecule has 0 radical (unpaired) electrons. The second kappa shape index (κ2) is 40.2. The van der Waals surface area contributed by atoms with Crippen LogP contribution in [0, 0.1) is 12.7 Å². The summed E-state index contributed by atoms with van der Waals surface area (Å²) in [5, 5.41) is 44.7. The molecule has 6 aliphatic heterocycles. The van der Waals surface area contributed by atoms with Gasteiger partial charge in [0.05, 0.1) is 119 Å². The van der Waals surface area contributed by atoms with Gasteiger partial charge in [0.25, 0.3) is 29.5 Å². The smallest absolute Gasteiger partial charge is 0.253 e. The number of aromatic hydroxyl groups is 2. The SMILES string of the molecule is C=C(O)c1ccc(-c2nc3cccc4c3n2CCNC4=O)cc1.CN(C)CCCOc1ccc(-c2nc3cccc4c3n2CCCC4=O)cc1.COc1ccc(CC(C)c2nc3cccc4c3n2CCNC4=O)cc1.Cc1cc(-c2nc3cccc4c3n2CCNC4=O)cc(O)c1O.O=C1NCCn2c(-c3ccc4ccccc4n3)nc3cccc1c32.O=C1NCCn2c(-c3ccccc3F)nc3cccc1c32. The molecule has 30 nitrogen and oxygen atoms in total. The van der Waals surface area contributed by atoms with Crippen LogP contribution in [0.25, 0.3) is 140 Å². The molecule has 5 amide bonds. The number of ether oxygens (including phenoxy) is 2. The summed E-state index contributed by atoms with van der Waals surface area (Å²) in [4.78, 5) is 109. The summed E-state index contributed by atoms with van der Waals surface area (Å²) < 4.78 is 37.6. The molecule has 0 saturated heterocycles. The number of fused-ring (bicyclic) bond motifs is 1. The first kappa shape index (κ1) is 93.2. The number of phenols is 2. The molecule has 1 atom stereocenters. The lowest BCUT2D eigenvalue weighted by molar-refractivity contribution is 0.0948. The number of amides is 5. The number of imidazole rings is 6. The highest BCUT2D eigenvalue weighted by molar-refractivity contribution is 6.11. The number of ketones is 1. The number of Topliss-reactive ketones (excluding diaryl/α,β-unsaturated/α-hetero) is 1. The predicted octanol–water partition coefficient (Wildman–Crippen LogP) is 17.9. The lowest BCUT2D eigenvalue weighted by Gasteiger charge is -2.14. The highest BCUT2D eigenvalue weighted by atomic mass is 19.1. The average Bonchev–Trinajstić information content (AvgIpc) is 1.55.